The number of hydrogen-bond donors (Lipinski definition) is 0. The van der Waals surface area contributed by atoms with Gasteiger partial charge >= 0.3 is 0 Å². The molecule has 0 saturated heterocycles. The van der Waals surface area contributed by atoms with Gasteiger partial charge in [-0.25, -0.2) is 4.98 Å². The molecule has 0 amide bonds. The van der Waals surface area contributed by atoms with Crippen molar-refractivity contribution < 1.29 is 0 Å². The van der Waals surface area contributed by atoms with Crippen LogP contribution in [-0.2, 0) is 5.88 Å². The minimum atomic E-state index is 0.106. The Kier molecular flexibility index (Phi) is 3.94. The molecule has 102 valence electrons. The SMILES string of the molecule is CC(c1ccccn1)n1c(CCl)nc2cc(I)ccc21. The zero-order valence-corrected chi connectivity index (χ0v) is 13.8. The fourth-order valence-corrected chi connectivity index (χ4v) is 3.07. The molecule has 1 unspecified atom stereocenters. The maximum absolute atomic E-state index is 6.07. The van der Waals surface area contributed by atoms with Crippen LogP contribution in [0.15, 0.2) is 42.6 Å². The second-order valence-electron chi connectivity index (χ2n) is 4.60. The van der Waals surface area contributed by atoms with Gasteiger partial charge in [-0.05, 0) is 59.8 Å². The molecule has 0 aliphatic carbocycles. The van der Waals surface area contributed by atoms with E-state index in [0.717, 1.165) is 22.6 Å². The van der Waals surface area contributed by atoms with Gasteiger partial charge in [-0.3, -0.25) is 4.98 Å². The van der Waals surface area contributed by atoms with Crippen molar-refractivity contribution in [3.8, 4) is 0 Å². The van der Waals surface area contributed by atoms with Crippen LogP contribution in [0.1, 0.15) is 24.5 Å². The number of pyridine rings is 1. The Morgan fingerprint density at radius 2 is 2.15 bits per heavy atom. The van der Waals surface area contributed by atoms with E-state index in [2.05, 4.69) is 62.2 Å². The molecular weight excluding hydrogens is 385 g/mol. The van der Waals surface area contributed by atoms with Crippen LogP contribution < -0.4 is 0 Å². The second kappa shape index (κ2) is 5.69. The molecule has 2 aromatic heterocycles. The average Bonchev–Trinajstić information content (AvgIpc) is 2.84. The normalized spacial score (nSPS) is 12.8. The molecule has 1 atom stereocenters. The lowest BCUT2D eigenvalue weighted by Crippen LogP contribution is -2.11. The van der Waals surface area contributed by atoms with E-state index in [0.29, 0.717) is 5.88 Å². The zero-order chi connectivity index (χ0) is 14.1. The van der Waals surface area contributed by atoms with E-state index in [-0.39, 0.29) is 6.04 Å². The predicted octanol–water partition coefficient (Wildman–Crippen LogP) is 4.38. The lowest BCUT2D eigenvalue weighted by Gasteiger charge is -2.16. The summed E-state index contributed by atoms with van der Waals surface area (Å²) in [5, 5.41) is 0. The second-order valence-corrected chi connectivity index (χ2v) is 6.11. The van der Waals surface area contributed by atoms with Crippen molar-refractivity contribution in [1.82, 2.24) is 14.5 Å². The summed E-state index contributed by atoms with van der Waals surface area (Å²) in [4.78, 5) is 9.08. The third kappa shape index (κ3) is 2.42. The molecular formula is C15H13ClIN3. The molecule has 1 aromatic carbocycles. The highest BCUT2D eigenvalue weighted by Crippen LogP contribution is 2.26. The Balaban J connectivity index is 2.19. The van der Waals surface area contributed by atoms with Crippen molar-refractivity contribution >= 4 is 45.2 Å². The number of fused-ring (bicyclic) bond motifs is 1. The molecule has 0 saturated carbocycles. The monoisotopic (exact) mass is 397 g/mol. The van der Waals surface area contributed by atoms with E-state index in [1.165, 1.54) is 3.57 Å². The minimum Gasteiger partial charge on any atom is -0.318 e. The van der Waals surface area contributed by atoms with Crippen LogP contribution in [0.25, 0.3) is 11.0 Å². The highest BCUT2D eigenvalue weighted by molar-refractivity contribution is 14.1. The highest BCUT2D eigenvalue weighted by atomic mass is 127. The Morgan fingerprint density at radius 3 is 2.85 bits per heavy atom. The fourth-order valence-electron chi connectivity index (χ4n) is 2.40. The Labute approximate surface area is 136 Å². The molecule has 2 heterocycles. The molecule has 3 nitrogen and oxygen atoms in total. The standard InChI is InChI=1S/C15H13ClIN3/c1-10(12-4-2-3-7-18-12)20-14-6-5-11(17)8-13(14)19-15(20)9-16/h2-8,10H,9H2,1H3. The van der Waals surface area contributed by atoms with Gasteiger partial charge < -0.3 is 4.57 Å². The van der Waals surface area contributed by atoms with E-state index < -0.39 is 0 Å². The van der Waals surface area contributed by atoms with Crippen molar-refractivity contribution in [1.29, 1.82) is 0 Å². The van der Waals surface area contributed by atoms with Crippen molar-refractivity contribution in [3.63, 3.8) is 0 Å². The van der Waals surface area contributed by atoms with Gasteiger partial charge in [-0.15, -0.1) is 11.6 Å². The van der Waals surface area contributed by atoms with Gasteiger partial charge in [0.25, 0.3) is 0 Å². The number of alkyl halides is 1. The minimum absolute atomic E-state index is 0.106. The molecule has 0 N–H and O–H groups in total. The lowest BCUT2D eigenvalue weighted by atomic mass is 10.2. The van der Waals surface area contributed by atoms with Crippen molar-refractivity contribution in [2.45, 2.75) is 18.8 Å². The summed E-state index contributed by atoms with van der Waals surface area (Å²) in [6, 6.07) is 12.3. The van der Waals surface area contributed by atoms with Crippen molar-refractivity contribution in [2.75, 3.05) is 0 Å². The van der Waals surface area contributed by atoms with Crippen LogP contribution in [0, 0.1) is 3.57 Å². The Morgan fingerprint density at radius 1 is 1.30 bits per heavy atom. The molecule has 0 fully saturated rings. The highest BCUT2D eigenvalue weighted by Gasteiger charge is 2.17. The summed E-state index contributed by atoms with van der Waals surface area (Å²) in [6.07, 6.45) is 1.81. The summed E-state index contributed by atoms with van der Waals surface area (Å²) in [7, 11) is 0. The summed E-state index contributed by atoms with van der Waals surface area (Å²) in [5.41, 5.74) is 3.09. The summed E-state index contributed by atoms with van der Waals surface area (Å²) in [5.74, 6) is 1.27. The van der Waals surface area contributed by atoms with Gasteiger partial charge in [0, 0.05) is 9.77 Å². The number of nitrogens with zero attached hydrogens (tertiary/aromatic N) is 3. The van der Waals surface area contributed by atoms with Crippen LogP contribution >= 0.6 is 34.2 Å². The van der Waals surface area contributed by atoms with Crippen LogP contribution in [0.2, 0.25) is 0 Å². The molecule has 0 aliphatic rings. The van der Waals surface area contributed by atoms with E-state index >= 15 is 0 Å². The topological polar surface area (TPSA) is 30.7 Å². The quantitative estimate of drug-likeness (QED) is 0.485. The number of benzene rings is 1. The zero-order valence-electron chi connectivity index (χ0n) is 10.9. The van der Waals surface area contributed by atoms with Crippen LogP contribution in [0.4, 0.5) is 0 Å². The smallest absolute Gasteiger partial charge is 0.125 e. The van der Waals surface area contributed by atoms with Gasteiger partial charge in [-0.1, -0.05) is 6.07 Å². The molecule has 3 aromatic rings. The van der Waals surface area contributed by atoms with Crippen molar-refractivity contribution in [2.24, 2.45) is 0 Å². The average molecular weight is 398 g/mol. The first kappa shape index (κ1) is 13.8. The fraction of sp³-hybridized carbons (Fsp3) is 0.200. The van der Waals surface area contributed by atoms with Gasteiger partial charge in [0.2, 0.25) is 0 Å². The van der Waals surface area contributed by atoms with E-state index in [1.54, 1.807) is 0 Å². The van der Waals surface area contributed by atoms with Gasteiger partial charge in [0.1, 0.15) is 5.82 Å². The van der Waals surface area contributed by atoms with Gasteiger partial charge in [-0.2, -0.15) is 0 Å². The number of rotatable bonds is 3. The van der Waals surface area contributed by atoms with Crippen LogP contribution in [-0.4, -0.2) is 14.5 Å². The molecule has 0 bridgehead atoms. The summed E-state index contributed by atoms with van der Waals surface area (Å²) >= 11 is 8.36. The number of aromatic nitrogens is 3. The maximum atomic E-state index is 6.07. The van der Waals surface area contributed by atoms with E-state index in [9.17, 15) is 0 Å². The summed E-state index contributed by atoms with van der Waals surface area (Å²) < 4.78 is 3.34. The first-order valence-corrected chi connectivity index (χ1v) is 7.95. The Bertz CT molecular complexity index is 739. The molecule has 0 spiro atoms. The first-order valence-electron chi connectivity index (χ1n) is 6.34. The van der Waals surface area contributed by atoms with Gasteiger partial charge in [0.05, 0.1) is 28.6 Å². The third-order valence-corrected chi connectivity index (χ3v) is 4.26. The van der Waals surface area contributed by atoms with Crippen molar-refractivity contribution in [3.05, 3.63) is 57.7 Å². The molecule has 5 heteroatoms. The van der Waals surface area contributed by atoms with Crippen LogP contribution in [0.5, 0.6) is 0 Å². The Hall–Kier alpha value is -1.14. The maximum Gasteiger partial charge on any atom is 0.125 e. The van der Waals surface area contributed by atoms with Gasteiger partial charge in [0.15, 0.2) is 0 Å². The molecule has 20 heavy (non-hydrogen) atoms. The summed E-state index contributed by atoms with van der Waals surface area (Å²) in [6.45, 7) is 2.12. The third-order valence-electron chi connectivity index (χ3n) is 3.35. The number of imidazole rings is 1. The molecule has 3 rings (SSSR count). The lowest BCUT2D eigenvalue weighted by molar-refractivity contribution is 0.616. The predicted molar refractivity (Wildman–Crippen MR) is 90.1 cm³/mol. The number of hydrogen-bond acceptors (Lipinski definition) is 2. The number of halogens is 2. The molecule has 0 aliphatic heterocycles. The largest absolute Gasteiger partial charge is 0.318 e. The first-order chi connectivity index (χ1) is 9.70. The van der Waals surface area contributed by atoms with E-state index in [1.807, 2.05) is 24.4 Å². The molecule has 0 radical (unpaired) electrons. The van der Waals surface area contributed by atoms with Crippen LogP contribution in [0.3, 0.4) is 0 Å². The van der Waals surface area contributed by atoms with E-state index in [4.69, 9.17) is 11.6 Å².